The molecule has 2 N–H and O–H groups in total. The highest BCUT2D eigenvalue weighted by molar-refractivity contribution is 6.36. The molecule has 3 aromatic rings. The topological polar surface area (TPSA) is 67.2 Å². The van der Waals surface area contributed by atoms with Crippen molar-refractivity contribution in [3.05, 3.63) is 63.4 Å². The zero-order valence-electron chi connectivity index (χ0n) is 17.6. The van der Waals surface area contributed by atoms with Gasteiger partial charge in [-0.3, -0.25) is 4.79 Å². The van der Waals surface area contributed by atoms with Crippen molar-refractivity contribution in [3.8, 4) is 22.5 Å². The average molecular weight is 493 g/mol. The predicted octanol–water partition coefficient (Wildman–Crippen LogP) is 6.00. The Balaban J connectivity index is 1.78. The third-order valence-electron chi connectivity index (χ3n) is 6.06. The molecule has 0 spiro atoms. The van der Waals surface area contributed by atoms with Crippen LogP contribution < -0.4 is 5.32 Å². The number of nitrogens with zero attached hydrogens (tertiary/aromatic N) is 2. The van der Waals surface area contributed by atoms with Crippen molar-refractivity contribution in [1.82, 2.24) is 14.9 Å². The van der Waals surface area contributed by atoms with Crippen LogP contribution in [0.1, 0.15) is 36.3 Å². The first-order chi connectivity index (χ1) is 15.4. The number of halogens is 3. The summed E-state index contributed by atoms with van der Waals surface area (Å²) in [5, 5.41) is 14.4. The molecule has 1 saturated carbocycles. The van der Waals surface area contributed by atoms with Crippen LogP contribution in [0.15, 0.2) is 42.5 Å². The highest BCUT2D eigenvalue weighted by Gasteiger charge is 2.29. The van der Waals surface area contributed by atoms with Crippen LogP contribution in [0.2, 0.25) is 15.1 Å². The van der Waals surface area contributed by atoms with Gasteiger partial charge in [0.25, 0.3) is 5.91 Å². The number of rotatable bonds is 5. The number of amides is 1. The van der Waals surface area contributed by atoms with Crippen molar-refractivity contribution in [2.45, 2.75) is 31.7 Å². The van der Waals surface area contributed by atoms with Crippen molar-refractivity contribution in [2.24, 2.45) is 13.0 Å². The van der Waals surface area contributed by atoms with Gasteiger partial charge in [0.1, 0.15) is 0 Å². The van der Waals surface area contributed by atoms with Crippen LogP contribution in [-0.4, -0.2) is 33.2 Å². The minimum Gasteiger partial charge on any atom is -0.396 e. The van der Waals surface area contributed by atoms with Crippen LogP contribution in [0.25, 0.3) is 22.5 Å². The van der Waals surface area contributed by atoms with Crippen LogP contribution in [0.5, 0.6) is 0 Å². The van der Waals surface area contributed by atoms with Crippen molar-refractivity contribution in [1.29, 1.82) is 0 Å². The third-order valence-corrected chi connectivity index (χ3v) is 6.86. The molecule has 1 fully saturated rings. The van der Waals surface area contributed by atoms with E-state index in [1.165, 1.54) is 0 Å². The van der Waals surface area contributed by atoms with E-state index in [1.54, 1.807) is 34.9 Å². The number of aromatic nitrogens is 2. The molecule has 0 saturated heterocycles. The Labute approximate surface area is 202 Å². The van der Waals surface area contributed by atoms with Crippen LogP contribution in [0.3, 0.4) is 0 Å². The Morgan fingerprint density at radius 3 is 2.47 bits per heavy atom. The van der Waals surface area contributed by atoms with E-state index < -0.39 is 0 Å². The molecule has 1 aliphatic carbocycles. The molecule has 5 nitrogen and oxygen atoms in total. The number of aliphatic hydroxyl groups is 1. The number of carbonyl (C=O) groups is 1. The molecule has 168 valence electrons. The Kier molecular flexibility index (Phi) is 7.11. The summed E-state index contributed by atoms with van der Waals surface area (Å²) in [5.41, 5.74) is 2.87. The van der Waals surface area contributed by atoms with Gasteiger partial charge in [-0.15, -0.1) is 0 Å². The van der Waals surface area contributed by atoms with E-state index in [1.807, 2.05) is 19.2 Å². The SMILES string of the molecule is Cn1c(C(=O)N[C@H]2CCCC[C@@H]2CO)nc(-c2ccc(Cl)cc2Cl)c1-c1ccc(Cl)cc1. The lowest BCUT2D eigenvalue weighted by Crippen LogP contribution is -2.44. The fourth-order valence-corrected chi connectivity index (χ4v) is 4.98. The van der Waals surface area contributed by atoms with Gasteiger partial charge in [-0.05, 0) is 43.2 Å². The minimum atomic E-state index is -0.274. The Morgan fingerprint density at radius 1 is 1.09 bits per heavy atom. The summed E-state index contributed by atoms with van der Waals surface area (Å²) in [5.74, 6) is 0.0662. The standard InChI is InChI=1S/C24H24Cl3N3O2/c1-30-22(14-6-8-16(25)9-7-14)21(18-11-10-17(26)12-19(18)27)29-23(30)24(32)28-20-5-3-2-4-15(20)13-31/h6-12,15,20,31H,2-5,13H2,1H3,(H,28,32)/t15-,20+/m1/s1. The number of hydrogen-bond donors (Lipinski definition) is 2. The van der Waals surface area contributed by atoms with Crippen LogP contribution in [0, 0.1) is 5.92 Å². The van der Waals surface area contributed by atoms with E-state index in [9.17, 15) is 9.90 Å². The Hall–Kier alpha value is -2.05. The molecule has 1 heterocycles. The second-order valence-electron chi connectivity index (χ2n) is 8.13. The maximum absolute atomic E-state index is 13.3. The molecule has 1 aliphatic rings. The summed E-state index contributed by atoms with van der Waals surface area (Å²) in [7, 11) is 1.81. The molecule has 4 rings (SSSR count). The highest BCUT2D eigenvalue weighted by Crippen LogP contribution is 2.37. The van der Waals surface area contributed by atoms with Gasteiger partial charge in [-0.2, -0.15) is 0 Å². The van der Waals surface area contributed by atoms with Crippen molar-refractivity contribution >= 4 is 40.7 Å². The van der Waals surface area contributed by atoms with E-state index in [-0.39, 0.29) is 30.3 Å². The van der Waals surface area contributed by atoms with E-state index in [4.69, 9.17) is 39.8 Å². The molecule has 2 aromatic carbocycles. The van der Waals surface area contributed by atoms with Gasteiger partial charge in [-0.25, -0.2) is 4.98 Å². The normalized spacial score (nSPS) is 18.5. The van der Waals surface area contributed by atoms with E-state index >= 15 is 0 Å². The third kappa shape index (κ3) is 4.67. The van der Waals surface area contributed by atoms with Crippen LogP contribution in [-0.2, 0) is 7.05 Å². The molecule has 2 atom stereocenters. The second kappa shape index (κ2) is 9.84. The maximum atomic E-state index is 13.3. The number of hydrogen-bond acceptors (Lipinski definition) is 3. The molecule has 1 aromatic heterocycles. The highest BCUT2D eigenvalue weighted by atomic mass is 35.5. The first-order valence-electron chi connectivity index (χ1n) is 10.6. The van der Waals surface area contributed by atoms with Gasteiger partial charge < -0.3 is 15.0 Å². The fraction of sp³-hybridized carbons (Fsp3) is 0.333. The summed E-state index contributed by atoms with van der Waals surface area (Å²) >= 11 is 18.7. The quantitative estimate of drug-likeness (QED) is 0.459. The molecule has 0 unspecified atom stereocenters. The van der Waals surface area contributed by atoms with Gasteiger partial charge in [-0.1, -0.05) is 59.8 Å². The number of benzene rings is 2. The number of nitrogens with one attached hydrogen (secondary N) is 1. The van der Waals surface area contributed by atoms with Crippen LogP contribution >= 0.6 is 34.8 Å². The van der Waals surface area contributed by atoms with E-state index in [2.05, 4.69) is 5.32 Å². The molecular weight excluding hydrogens is 469 g/mol. The van der Waals surface area contributed by atoms with Gasteiger partial charge in [0.2, 0.25) is 0 Å². The zero-order chi connectivity index (χ0) is 22.8. The van der Waals surface area contributed by atoms with Crippen LogP contribution in [0.4, 0.5) is 0 Å². The lowest BCUT2D eigenvalue weighted by atomic mass is 9.85. The summed E-state index contributed by atoms with van der Waals surface area (Å²) < 4.78 is 1.77. The zero-order valence-corrected chi connectivity index (χ0v) is 19.9. The lowest BCUT2D eigenvalue weighted by molar-refractivity contribution is 0.0859. The fourth-order valence-electron chi connectivity index (χ4n) is 4.36. The number of aliphatic hydroxyl groups excluding tert-OH is 1. The maximum Gasteiger partial charge on any atom is 0.287 e. The van der Waals surface area contributed by atoms with Crippen molar-refractivity contribution in [3.63, 3.8) is 0 Å². The van der Waals surface area contributed by atoms with Gasteiger partial charge in [0.15, 0.2) is 5.82 Å². The summed E-state index contributed by atoms with van der Waals surface area (Å²) in [6, 6.07) is 12.5. The average Bonchev–Trinajstić information content (AvgIpc) is 3.11. The summed E-state index contributed by atoms with van der Waals surface area (Å²) in [6.07, 6.45) is 3.86. The molecule has 0 bridgehead atoms. The largest absolute Gasteiger partial charge is 0.396 e. The van der Waals surface area contributed by atoms with Crippen molar-refractivity contribution in [2.75, 3.05) is 6.61 Å². The van der Waals surface area contributed by atoms with Gasteiger partial charge in [0, 0.05) is 46.8 Å². The first-order valence-corrected chi connectivity index (χ1v) is 11.7. The molecule has 8 heteroatoms. The summed E-state index contributed by atoms with van der Waals surface area (Å²) in [4.78, 5) is 18.0. The molecule has 1 amide bonds. The Morgan fingerprint density at radius 2 is 1.78 bits per heavy atom. The van der Waals surface area contributed by atoms with Crippen molar-refractivity contribution < 1.29 is 9.90 Å². The molecule has 0 radical (unpaired) electrons. The van der Waals surface area contributed by atoms with Gasteiger partial charge in [0.05, 0.1) is 16.4 Å². The Bertz CT molecular complexity index is 1130. The first kappa shape index (κ1) is 23.1. The van der Waals surface area contributed by atoms with Gasteiger partial charge >= 0.3 is 0 Å². The number of carbonyl (C=O) groups excluding carboxylic acids is 1. The predicted molar refractivity (Wildman–Crippen MR) is 129 cm³/mol. The molecular formula is C24H24Cl3N3O2. The number of imidazole rings is 1. The molecule has 32 heavy (non-hydrogen) atoms. The minimum absolute atomic E-state index is 0.0627. The monoisotopic (exact) mass is 491 g/mol. The smallest absolute Gasteiger partial charge is 0.287 e. The second-order valence-corrected chi connectivity index (χ2v) is 9.41. The van der Waals surface area contributed by atoms with E-state index in [0.717, 1.165) is 36.9 Å². The van der Waals surface area contributed by atoms with E-state index in [0.29, 0.717) is 26.3 Å². The molecule has 0 aliphatic heterocycles. The lowest BCUT2D eigenvalue weighted by Gasteiger charge is -2.30. The summed E-state index contributed by atoms with van der Waals surface area (Å²) in [6.45, 7) is 0.0627.